The Hall–Kier alpha value is -0.870. The largest absolute Gasteiger partial charge is 0.444 e. The number of rotatable bonds is 3. The Morgan fingerprint density at radius 1 is 1.36 bits per heavy atom. The summed E-state index contributed by atoms with van der Waals surface area (Å²) in [7, 11) is 0. The van der Waals surface area contributed by atoms with Gasteiger partial charge >= 0.3 is 6.09 Å². The highest BCUT2D eigenvalue weighted by atomic mass is 35.5. The van der Waals surface area contributed by atoms with Crippen LogP contribution in [0.1, 0.15) is 46.1 Å². The number of likely N-dealkylation sites (tertiary alicyclic amines) is 1. The number of halogens is 1. The van der Waals surface area contributed by atoms with Crippen molar-refractivity contribution in [3.63, 3.8) is 0 Å². The van der Waals surface area contributed by atoms with Gasteiger partial charge in [-0.1, -0.05) is 31.5 Å². The van der Waals surface area contributed by atoms with E-state index in [0.29, 0.717) is 24.3 Å². The summed E-state index contributed by atoms with van der Waals surface area (Å²) in [6.07, 6.45) is -0.244. The van der Waals surface area contributed by atoms with Crippen LogP contribution < -0.4 is 0 Å². The van der Waals surface area contributed by atoms with Gasteiger partial charge in [-0.25, -0.2) is 4.79 Å². The maximum Gasteiger partial charge on any atom is 0.410 e. The highest BCUT2D eigenvalue weighted by molar-refractivity contribution is 7.99. The molecule has 1 amide bonds. The summed E-state index contributed by atoms with van der Waals surface area (Å²) in [6, 6.07) is 6.23. The molecule has 1 aliphatic heterocycles. The van der Waals surface area contributed by atoms with Gasteiger partial charge in [0.1, 0.15) is 5.60 Å². The highest BCUT2D eigenvalue weighted by Crippen LogP contribution is 2.35. The third-order valence-electron chi connectivity index (χ3n) is 3.32. The maximum absolute atomic E-state index is 11.9. The minimum atomic E-state index is -0.449. The number of nitrogens with zero attached hydrogens (tertiary/aromatic N) is 1. The number of ether oxygens (including phenoxy) is 1. The molecule has 1 aromatic rings. The third kappa shape index (κ3) is 4.56. The lowest BCUT2D eigenvalue weighted by Gasteiger charge is -2.40. The van der Waals surface area contributed by atoms with E-state index in [0.717, 1.165) is 10.6 Å². The molecule has 122 valence electrons. The zero-order valence-electron chi connectivity index (χ0n) is 13.9. The summed E-state index contributed by atoms with van der Waals surface area (Å²) >= 11 is 8.21. The second-order valence-electron chi connectivity index (χ2n) is 6.93. The lowest BCUT2D eigenvalue weighted by atomic mass is 9.92. The van der Waals surface area contributed by atoms with Crippen molar-refractivity contribution < 1.29 is 9.53 Å². The molecule has 0 aromatic heterocycles. The smallest absolute Gasteiger partial charge is 0.410 e. The average Bonchev–Trinajstić information content (AvgIpc) is 2.26. The molecule has 0 unspecified atom stereocenters. The summed E-state index contributed by atoms with van der Waals surface area (Å²) in [5, 5.41) is 1.33. The predicted molar refractivity (Wildman–Crippen MR) is 93.0 cm³/mol. The fourth-order valence-electron chi connectivity index (χ4n) is 2.34. The minimum absolute atomic E-state index is 0.244. The first kappa shape index (κ1) is 17.5. The van der Waals surface area contributed by atoms with E-state index in [2.05, 4.69) is 26.0 Å². The van der Waals surface area contributed by atoms with E-state index in [1.54, 1.807) is 16.7 Å². The first-order chi connectivity index (χ1) is 10.2. The van der Waals surface area contributed by atoms with Crippen LogP contribution in [0.25, 0.3) is 0 Å². The molecular formula is C17H24ClNO2S. The van der Waals surface area contributed by atoms with Crippen LogP contribution >= 0.6 is 23.4 Å². The average molecular weight is 342 g/mol. The number of thioether (sulfide) groups is 1. The zero-order chi connectivity index (χ0) is 16.5. The van der Waals surface area contributed by atoms with Gasteiger partial charge in [-0.2, -0.15) is 0 Å². The molecule has 0 spiro atoms. The van der Waals surface area contributed by atoms with Gasteiger partial charge in [0.25, 0.3) is 0 Å². The van der Waals surface area contributed by atoms with Crippen molar-refractivity contribution in [1.82, 2.24) is 4.90 Å². The summed E-state index contributed by atoms with van der Waals surface area (Å²) in [6.45, 7) is 11.3. The van der Waals surface area contributed by atoms with Gasteiger partial charge in [0.05, 0.1) is 0 Å². The molecule has 0 bridgehead atoms. The third-order valence-corrected chi connectivity index (χ3v) is 4.64. The lowest BCUT2D eigenvalue weighted by Crippen LogP contribution is -2.50. The first-order valence-corrected chi connectivity index (χ1v) is 8.85. The quantitative estimate of drug-likeness (QED) is 0.710. The number of hydrogen-bond donors (Lipinski definition) is 0. The van der Waals surface area contributed by atoms with Crippen molar-refractivity contribution >= 4 is 29.5 Å². The van der Waals surface area contributed by atoms with E-state index in [1.807, 2.05) is 26.8 Å². The molecule has 0 radical (unpaired) electrons. The van der Waals surface area contributed by atoms with E-state index in [-0.39, 0.29) is 6.09 Å². The van der Waals surface area contributed by atoms with E-state index in [1.165, 1.54) is 4.90 Å². The van der Waals surface area contributed by atoms with Crippen LogP contribution in [0.4, 0.5) is 4.79 Å². The fraction of sp³-hybridized carbons (Fsp3) is 0.588. The van der Waals surface area contributed by atoms with Gasteiger partial charge in [0.15, 0.2) is 0 Å². The van der Waals surface area contributed by atoms with Gasteiger partial charge in [-0.15, -0.1) is 11.8 Å². The maximum atomic E-state index is 11.9. The summed E-state index contributed by atoms with van der Waals surface area (Å²) in [5.41, 5.74) is 0.671. The standard InChI is InChI=1S/C17H24ClNO2S/c1-11(2)22-13-6-7-14(15(18)8-13)12-9-19(10-12)16(20)21-17(3,4)5/h6-8,11-12H,9-10H2,1-5H3. The monoisotopic (exact) mass is 341 g/mol. The van der Waals surface area contributed by atoms with Crippen molar-refractivity contribution in [2.75, 3.05) is 13.1 Å². The number of carbonyl (C=O) groups excluding carboxylic acids is 1. The van der Waals surface area contributed by atoms with Crippen LogP contribution in [-0.2, 0) is 4.74 Å². The summed E-state index contributed by atoms with van der Waals surface area (Å²) in [5.74, 6) is 0.304. The molecule has 0 saturated carbocycles. The second kappa shape index (κ2) is 6.71. The minimum Gasteiger partial charge on any atom is -0.444 e. The Morgan fingerprint density at radius 2 is 2.00 bits per heavy atom. The van der Waals surface area contributed by atoms with Gasteiger partial charge < -0.3 is 9.64 Å². The molecule has 2 rings (SSSR count). The zero-order valence-corrected chi connectivity index (χ0v) is 15.4. The van der Waals surface area contributed by atoms with Crippen LogP contribution in [-0.4, -0.2) is 34.9 Å². The van der Waals surface area contributed by atoms with Crippen LogP contribution in [0, 0.1) is 0 Å². The van der Waals surface area contributed by atoms with E-state index in [4.69, 9.17) is 16.3 Å². The lowest BCUT2D eigenvalue weighted by molar-refractivity contribution is 0.00820. The Kier molecular flexibility index (Phi) is 5.33. The molecule has 22 heavy (non-hydrogen) atoms. The SMILES string of the molecule is CC(C)Sc1ccc(C2CN(C(=O)OC(C)(C)C)C2)c(Cl)c1. The summed E-state index contributed by atoms with van der Waals surface area (Å²) in [4.78, 5) is 14.9. The van der Waals surface area contributed by atoms with Crippen molar-refractivity contribution in [2.24, 2.45) is 0 Å². The van der Waals surface area contributed by atoms with Gasteiger partial charge in [0, 0.05) is 34.2 Å². The van der Waals surface area contributed by atoms with E-state index in [9.17, 15) is 4.79 Å². The van der Waals surface area contributed by atoms with Crippen LogP contribution in [0.15, 0.2) is 23.1 Å². The van der Waals surface area contributed by atoms with Gasteiger partial charge in [-0.3, -0.25) is 0 Å². The number of carbonyl (C=O) groups is 1. The van der Waals surface area contributed by atoms with E-state index < -0.39 is 5.60 Å². The molecule has 0 aliphatic carbocycles. The fourth-order valence-corrected chi connectivity index (χ4v) is 3.61. The highest BCUT2D eigenvalue weighted by Gasteiger charge is 2.35. The molecule has 5 heteroatoms. The van der Waals surface area contributed by atoms with E-state index >= 15 is 0 Å². The Labute approximate surface area is 142 Å². The Morgan fingerprint density at radius 3 is 2.50 bits per heavy atom. The van der Waals surface area contributed by atoms with Crippen LogP contribution in [0.2, 0.25) is 5.02 Å². The summed E-state index contributed by atoms with van der Waals surface area (Å²) < 4.78 is 5.37. The molecule has 1 aromatic carbocycles. The molecule has 0 atom stereocenters. The molecule has 1 aliphatic rings. The van der Waals surface area contributed by atoms with Crippen LogP contribution in [0.3, 0.4) is 0 Å². The van der Waals surface area contributed by atoms with Crippen molar-refractivity contribution in [3.8, 4) is 0 Å². The topological polar surface area (TPSA) is 29.5 Å². The number of amides is 1. The van der Waals surface area contributed by atoms with Crippen molar-refractivity contribution in [1.29, 1.82) is 0 Å². The number of hydrogen-bond acceptors (Lipinski definition) is 3. The molecule has 1 saturated heterocycles. The normalized spacial score (nSPS) is 15.9. The van der Waals surface area contributed by atoms with Gasteiger partial charge in [0.2, 0.25) is 0 Å². The molecule has 3 nitrogen and oxygen atoms in total. The van der Waals surface area contributed by atoms with Crippen molar-refractivity contribution in [3.05, 3.63) is 28.8 Å². The number of benzene rings is 1. The molecule has 1 fully saturated rings. The van der Waals surface area contributed by atoms with Crippen molar-refractivity contribution in [2.45, 2.75) is 56.3 Å². The Balaban J connectivity index is 1.94. The molecule has 0 N–H and O–H groups in total. The predicted octanol–water partition coefficient (Wildman–Crippen LogP) is 5.17. The van der Waals surface area contributed by atoms with Crippen LogP contribution in [0.5, 0.6) is 0 Å². The van der Waals surface area contributed by atoms with Gasteiger partial charge in [-0.05, 0) is 38.5 Å². The molecule has 1 heterocycles. The Bertz CT molecular complexity index is 548. The second-order valence-corrected chi connectivity index (χ2v) is 8.99. The first-order valence-electron chi connectivity index (χ1n) is 7.60. The molecular weight excluding hydrogens is 318 g/mol.